The minimum atomic E-state index is 0.212. The molecule has 1 aromatic carbocycles. The highest BCUT2D eigenvalue weighted by molar-refractivity contribution is 8.58. The van der Waals surface area contributed by atoms with E-state index in [-0.39, 0.29) is 5.41 Å². The van der Waals surface area contributed by atoms with Gasteiger partial charge in [0.2, 0.25) is 0 Å². The highest BCUT2D eigenvalue weighted by atomic mass is 32.9. The van der Waals surface area contributed by atoms with Crippen molar-refractivity contribution in [3.63, 3.8) is 0 Å². The molecule has 0 saturated carbocycles. The van der Waals surface area contributed by atoms with Crippen molar-refractivity contribution in [2.24, 2.45) is 0 Å². The zero-order valence-electron chi connectivity index (χ0n) is 8.07. The van der Waals surface area contributed by atoms with Gasteiger partial charge < -0.3 is 0 Å². The maximum Gasteiger partial charge on any atom is 0.0482 e. The summed E-state index contributed by atoms with van der Waals surface area (Å²) < 4.78 is 0. The first-order valence-corrected chi connectivity index (χ1v) is 7.48. The first kappa shape index (κ1) is 11.2. The lowest BCUT2D eigenvalue weighted by Gasteiger charge is -2.21. The van der Waals surface area contributed by atoms with Crippen LogP contribution < -0.4 is 0 Å². The first-order chi connectivity index (χ1) is 6.05. The number of hydrogen-bond acceptors (Lipinski definition) is 2. The zero-order chi connectivity index (χ0) is 9.90. The lowest BCUT2D eigenvalue weighted by molar-refractivity contribution is 0.578. The van der Waals surface area contributed by atoms with Crippen molar-refractivity contribution >= 4 is 29.7 Å². The Morgan fingerprint density at radius 2 is 1.85 bits per heavy atom. The minimum absolute atomic E-state index is 0.212. The fourth-order valence-electron chi connectivity index (χ4n) is 1.21. The summed E-state index contributed by atoms with van der Waals surface area (Å²) in [4.78, 5) is 1.31. The van der Waals surface area contributed by atoms with Gasteiger partial charge in [-0.2, -0.15) is 0 Å². The van der Waals surface area contributed by atoms with Crippen molar-refractivity contribution in [2.75, 3.05) is 0 Å². The maximum absolute atomic E-state index is 4.95. The predicted molar refractivity (Wildman–Crippen MR) is 65.3 cm³/mol. The Morgan fingerprint density at radius 3 is 2.38 bits per heavy atom. The van der Waals surface area contributed by atoms with Crippen LogP contribution in [0.25, 0.3) is 0 Å². The summed E-state index contributed by atoms with van der Waals surface area (Å²) in [6.45, 7) is 7.63. The van der Waals surface area contributed by atoms with E-state index in [1.54, 1.807) is 11.4 Å². The number of rotatable bonds is 2. The van der Waals surface area contributed by atoms with Gasteiger partial charge in [0, 0.05) is 11.5 Å². The predicted octanol–water partition coefficient (Wildman–Crippen LogP) is 4.40. The van der Waals surface area contributed by atoms with E-state index in [0.717, 1.165) is 6.56 Å². The van der Waals surface area contributed by atoms with Gasteiger partial charge in [0.05, 0.1) is 0 Å². The molecule has 0 amide bonds. The molecule has 13 heavy (non-hydrogen) atoms. The van der Waals surface area contributed by atoms with Gasteiger partial charge in [-0.3, -0.25) is 0 Å². The highest BCUT2D eigenvalue weighted by Gasteiger charge is 2.16. The van der Waals surface area contributed by atoms with Gasteiger partial charge in [-0.15, -0.1) is 0 Å². The molecule has 0 aliphatic rings. The monoisotopic (exact) mass is 228 g/mol. The minimum Gasteiger partial charge on any atom is -0.0619 e. The quantitative estimate of drug-likeness (QED) is 0.688. The molecule has 0 fully saturated rings. The molecule has 0 saturated heterocycles. The molecule has 3 heteroatoms. The normalized spacial score (nSPS) is 11.9. The largest absolute Gasteiger partial charge is 0.0619 e. The molecule has 0 radical (unpaired) electrons. The molecule has 70 valence electrons. The molecule has 0 aliphatic carbocycles. The van der Waals surface area contributed by atoms with Crippen LogP contribution in [0, 0.1) is 0 Å². The Kier molecular flexibility index (Phi) is 3.90. The van der Waals surface area contributed by atoms with Gasteiger partial charge in [0.15, 0.2) is 0 Å². The molecule has 0 aliphatic heterocycles. The summed E-state index contributed by atoms with van der Waals surface area (Å²) in [5, 5.41) is 0. The second-order valence-electron chi connectivity index (χ2n) is 3.91. The van der Waals surface area contributed by atoms with Crippen LogP contribution in [0.2, 0.25) is 0 Å². The fourth-order valence-corrected chi connectivity index (χ4v) is 3.34. The first-order valence-electron chi connectivity index (χ1n) is 4.15. The van der Waals surface area contributed by atoms with Crippen LogP contribution in [0.4, 0.5) is 0 Å². The second kappa shape index (κ2) is 4.54. The average molecular weight is 228 g/mol. The van der Waals surface area contributed by atoms with Gasteiger partial charge in [0.1, 0.15) is 0 Å². The Balaban J connectivity index is 3.11. The van der Waals surface area contributed by atoms with Gasteiger partial charge in [-0.25, -0.2) is 0 Å². The SMILES string of the molecule is CC(C)(C)c1ccccc1SP=S. The molecule has 0 bridgehead atoms. The van der Waals surface area contributed by atoms with E-state index in [4.69, 9.17) is 11.8 Å². The van der Waals surface area contributed by atoms with Gasteiger partial charge in [-0.1, -0.05) is 50.4 Å². The summed E-state index contributed by atoms with van der Waals surface area (Å²) in [5.41, 5.74) is 1.60. The standard InChI is InChI=1S/C10H13PS2/c1-10(2,3)8-6-4-5-7-9(8)13-11-12/h4-7H,1-3H3. The van der Waals surface area contributed by atoms with Crippen LogP contribution in [-0.2, 0) is 17.2 Å². The summed E-state index contributed by atoms with van der Waals surface area (Å²) in [7, 11) is 0. The van der Waals surface area contributed by atoms with E-state index >= 15 is 0 Å². The van der Waals surface area contributed by atoms with Crippen molar-refractivity contribution in [1.82, 2.24) is 0 Å². The molecular weight excluding hydrogens is 215 g/mol. The summed E-state index contributed by atoms with van der Waals surface area (Å²) in [6, 6.07) is 8.48. The molecule has 1 rings (SSSR count). The van der Waals surface area contributed by atoms with Gasteiger partial charge >= 0.3 is 0 Å². The fraction of sp³-hybridized carbons (Fsp3) is 0.400. The topological polar surface area (TPSA) is 0 Å². The molecule has 0 atom stereocenters. The van der Waals surface area contributed by atoms with Gasteiger partial charge in [0.25, 0.3) is 0 Å². The Morgan fingerprint density at radius 1 is 1.23 bits per heavy atom. The molecule has 0 heterocycles. The molecular formula is C10H13PS2. The van der Waals surface area contributed by atoms with Crippen LogP contribution in [-0.4, -0.2) is 0 Å². The molecule has 0 N–H and O–H groups in total. The lowest BCUT2D eigenvalue weighted by Crippen LogP contribution is -2.11. The zero-order valence-corrected chi connectivity index (χ0v) is 10.6. The molecule has 0 aromatic heterocycles. The van der Waals surface area contributed by atoms with Crippen LogP contribution in [0.15, 0.2) is 29.2 Å². The van der Waals surface area contributed by atoms with E-state index in [1.165, 1.54) is 10.5 Å². The van der Waals surface area contributed by atoms with Crippen molar-refractivity contribution in [1.29, 1.82) is 0 Å². The van der Waals surface area contributed by atoms with Crippen LogP contribution in [0.3, 0.4) is 0 Å². The van der Waals surface area contributed by atoms with Crippen molar-refractivity contribution in [3.05, 3.63) is 29.8 Å². The third kappa shape index (κ3) is 3.05. The van der Waals surface area contributed by atoms with E-state index in [9.17, 15) is 0 Å². The summed E-state index contributed by atoms with van der Waals surface area (Å²) in [5.74, 6) is 0. The van der Waals surface area contributed by atoms with Crippen LogP contribution in [0.1, 0.15) is 26.3 Å². The van der Waals surface area contributed by atoms with Crippen LogP contribution >= 0.6 is 17.9 Å². The third-order valence-electron chi connectivity index (χ3n) is 1.83. The maximum atomic E-state index is 4.95. The van der Waals surface area contributed by atoms with E-state index in [2.05, 4.69) is 45.0 Å². The van der Waals surface area contributed by atoms with Crippen molar-refractivity contribution < 1.29 is 0 Å². The smallest absolute Gasteiger partial charge is 0.0482 e. The van der Waals surface area contributed by atoms with Gasteiger partial charge in [-0.05, 0) is 28.9 Å². The second-order valence-corrected chi connectivity index (χ2v) is 7.02. The lowest BCUT2D eigenvalue weighted by atomic mass is 9.87. The molecule has 0 spiro atoms. The summed E-state index contributed by atoms with van der Waals surface area (Å²) >= 11 is 6.67. The molecule has 0 nitrogen and oxygen atoms in total. The van der Waals surface area contributed by atoms with E-state index in [0.29, 0.717) is 0 Å². The molecule has 1 aromatic rings. The Bertz CT molecular complexity index is 302. The Labute approximate surface area is 90.7 Å². The van der Waals surface area contributed by atoms with Crippen molar-refractivity contribution in [2.45, 2.75) is 31.1 Å². The van der Waals surface area contributed by atoms with Crippen LogP contribution in [0.5, 0.6) is 0 Å². The van der Waals surface area contributed by atoms with E-state index < -0.39 is 0 Å². The summed E-state index contributed by atoms with van der Waals surface area (Å²) in [6.07, 6.45) is 0. The third-order valence-corrected chi connectivity index (χ3v) is 3.94. The number of hydrogen-bond donors (Lipinski definition) is 0. The van der Waals surface area contributed by atoms with Crippen molar-refractivity contribution in [3.8, 4) is 0 Å². The number of benzene rings is 1. The average Bonchev–Trinajstić information content (AvgIpc) is 2.04. The Hall–Kier alpha value is 0.0900. The highest BCUT2D eigenvalue weighted by Crippen LogP contribution is 2.37. The molecule has 0 unspecified atom stereocenters. The van der Waals surface area contributed by atoms with E-state index in [1.807, 2.05) is 0 Å².